The molecule has 0 aliphatic heterocycles. The molecule has 0 aromatic heterocycles. The molecule has 2 N–H and O–H groups in total. The number of nitro benzene ring substituents is 1. The third-order valence-corrected chi connectivity index (χ3v) is 3.75. The average molecular weight is 338 g/mol. The van der Waals surface area contributed by atoms with Crippen LogP contribution in [0.3, 0.4) is 0 Å². The van der Waals surface area contributed by atoms with Gasteiger partial charge < -0.3 is 15.2 Å². The van der Waals surface area contributed by atoms with Crippen LogP contribution in [0.2, 0.25) is 0 Å². The lowest BCUT2D eigenvalue weighted by molar-refractivity contribution is -0.384. The van der Waals surface area contributed by atoms with Crippen LogP contribution >= 0.6 is 0 Å². The van der Waals surface area contributed by atoms with E-state index in [9.17, 15) is 20.0 Å². The highest BCUT2D eigenvalue weighted by molar-refractivity contribution is 6.09. The Morgan fingerprint density at radius 1 is 1.12 bits per heavy atom. The molecule has 3 rings (SSSR count). The van der Waals surface area contributed by atoms with E-state index >= 15 is 0 Å². The second kappa shape index (κ2) is 6.48. The summed E-state index contributed by atoms with van der Waals surface area (Å²) in [5, 5.41) is 25.2. The zero-order valence-electron chi connectivity index (χ0n) is 13.2. The Labute approximate surface area is 142 Å². The summed E-state index contributed by atoms with van der Waals surface area (Å²) in [6.07, 6.45) is 0. The first kappa shape index (κ1) is 16.3. The van der Waals surface area contributed by atoms with Crippen molar-refractivity contribution in [3.8, 4) is 11.5 Å². The summed E-state index contributed by atoms with van der Waals surface area (Å²) in [7, 11) is 1.35. The highest BCUT2D eigenvalue weighted by atomic mass is 16.6. The number of fused-ring (bicyclic) bond motifs is 1. The van der Waals surface area contributed by atoms with Crippen molar-refractivity contribution in [3.05, 3.63) is 70.3 Å². The van der Waals surface area contributed by atoms with E-state index in [1.165, 1.54) is 31.4 Å². The number of ether oxygens (including phenoxy) is 1. The predicted octanol–water partition coefficient (Wildman–Crippen LogP) is 3.71. The van der Waals surface area contributed by atoms with Gasteiger partial charge in [-0.25, -0.2) is 0 Å². The van der Waals surface area contributed by atoms with Crippen LogP contribution in [0.1, 0.15) is 10.4 Å². The van der Waals surface area contributed by atoms with E-state index in [0.717, 1.165) is 10.8 Å². The highest BCUT2D eigenvalue weighted by Gasteiger charge is 2.17. The summed E-state index contributed by atoms with van der Waals surface area (Å²) in [6.45, 7) is 0. The molecule has 0 radical (unpaired) electrons. The van der Waals surface area contributed by atoms with Crippen LogP contribution in [0.25, 0.3) is 10.8 Å². The summed E-state index contributed by atoms with van der Waals surface area (Å²) in [5.74, 6) is -0.546. The van der Waals surface area contributed by atoms with Crippen LogP contribution in [0, 0.1) is 10.1 Å². The maximum Gasteiger partial charge on any atom is 0.273 e. The molecule has 0 fully saturated rings. The fourth-order valence-electron chi connectivity index (χ4n) is 2.50. The summed E-state index contributed by atoms with van der Waals surface area (Å²) < 4.78 is 5.09. The first-order chi connectivity index (χ1) is 12.0. The van der Waals surface area contributed by atoms with Gasteiger partial charge in [0.05, 0.1) is 29.4 Å². The summed E-state index contributed by atoms with van der Waals surface area (Å²) in [5.41, 5.74) is 0.216. The Morgan fingerprint density at radius 2 is 1.80 bits per heavy atom. The number of nitrogens with one attached hydrogen (secondary N) is 1. The van der Waals surface area contributed by atoms with E-state index in [1.54, 1.807) is 6.07 Å². The predicted molar refractivity (Wildman–Crippen MR) is 93.2 cm³/mol. The number of carbonyl (C=O) groups excluding carboxylic acids is 1. The molecule has 1 amide bonds. The van der Waals surface area contributed by atoms with E-state index in [0.29, 0.717) is 0 Å². The van der Waals surface area contributed by atoms with Gasteiger partial charge >= 0.3 is 0 Å². The Hall–Kier alpha value is -3.61. The smallest absolute Gasteiger partial charge is 0.273 e. The molecule has 0 bridgehead atoms. The fraction of sp³-hybridized carbons (Fsp3) is 0.0556. The number of methoxy groups -OCH3 is 1. The van der Waals surface area contributed by atoms with Crippen LogP contribution in [0.5, 0.6) is 11.5 Å². The minimum Gasteiger partial charge on any atom is -0.507 e. The molecule has 0 unspecified atom stereocenters. The van der Waals surface area contributed by atoms with Gasteiger partial charge in [-0.3, -0.25) is 14.9 Å². The topological polar surface area (TPSA) is 102 Å². The van der Waals surface area contributed by atoms with E-state index in [4.69, 9.17) is 4.74 Å². The Kier molecular flexibility index (Phi) is 4.21. The first-order valence-corrected chi connectivity index (χ1v) is 7.35. The van der Waals surface area contributed by atoms with Crippen LogP contribution in [0.4, 0.5) is 11.4 Å². The molecule has 0 saturated carbocycles. The van der Waals surface area contributed by atoms with Gasteiger partial charge in [-0.05, 0) is 29.0 Å². The minimum absolute atomic E-state index is 0.0964. The van der Waals surface area contributed by atoms with Crippen molar-refractivity contribution in [1.82, 2.24) is 0 Å². The van der Waals surface area contributed by atoms with E-state index < -0.39 is 10.8 Å². The number of nitro groups is 1. The largest absolute Gasteiger partial charge is 0.507 e. The standard InChI is InChI=1S/C18H14N2O5/c1-25-17-10-13(20(23)24)6-7-15(17)19-18(22)14-8-11-4-2-3-5-12(11)9-16(14)21/h2-10,21H,1H3,(H,19,22). The second-order valence-electron chi connectivity index (χ2n) is 5.31. The Bertz CT molecular complexity index is 984. The van der Waals surface area contributed by atoms with Gasteiger partial charge in [0.2, 0.25) is 0 Å². The number of non-ortho nitro benzene ring substituents is 1. The maximum absolute atomic E-state index is 12.5. The van der Waals surface area contributed by atoms with Gasteiger partial charge in [0.25, 0.3) is 11.6 Å². The van der Waals surface area contributed by atoms with Crippen molar-refractivity contribution in [2.45, 2.75) is 0 Å². The second-order valence-corrected chi connectivity index (χ2v) is 5.31. The van der Waals surface area contributed by atoms with Crippen molar-refractivity contribution >= 4 is 28.1 Å². The molecule has 0 atom stereocenters. The fourth-order valence-corrected chi connectivity index (χ4v) is 2.50. The summed E-state index contributed by atoms with van der Waals surface area (Å²) in [4.78, 5) is 22.8. The molecule has 0 spiro atoms. The number of nitrogens with zero attached hydrogens (tertiary/aromatic N) is 1. The number of carbonyl (C=O) groups is 1. The lowest BCUT2D eigenvalue weighted by Gasteiger charge is -2.11. The van der Waals surface area contributed by atoms with Gasteiger partial charge in [-0.1, -0.05) is 24.3 Å². The summed E-state index contributed by atoms with van der Waals surface area (Å²) in [6, 6.07) is 14.3. The lowest BCUT2D eigenvalue weighted by Crippen LogP contribution is -2.13. The number of phenols is 1. The van der Waals surface area contributed by atoms with Gasteiger partial charge in [0, 0.05) is 6.07 Å². The number of phenolic OH excluding ortho intramolecular Hbond substituents is 1. The van der Waals surface area contributed by atoms with Crippen molar-refractivity contribution in [3.63, 3.8) is 0 Å². The molecular weight excluding hydrogens is 324 g/mol. The normalized spacial score (nSPS) is 10.4. The number of hydrogen-bond donors (Lipinski definition) is 2. The molecule has 7 nitrogen and oxygen atoms in total. The van der Waals surface area contributed by atoms with Gasteiger partial charge in [-0.2, -0.15) is 0 Å². The molecule has 0 aliphatic carbocycles. The molecule has 7 heteroatoms. The third kappa shape index (κ3) is 3.20. The number of anilines is 1. The molecular formula is C18H14N2O5. The van der Waals surface area contributed by atoms with Crippen LogP contribution in [-0.2, 0) is 0 Å². The first-order valence-electron chi connectivity index (χ1n) is 7.35. The highest BCUT2D eigenvalue weighted by Crippen LogP contribution is 2.31. The van der Waals surface area contributed by atoms with E-state index in [-0.39, 0.29) is 28.4 Å². The van der Waals surface area contributed by atoms with Gasteiger partial charge in [0.1, 0.15) is 11.5 Å². The van der Waals surface area contributed by atoms with Crippen molar-refractivity contribution in [2.75, 3.05) is 12.4 Å². The van der Waals surface area contributed by atoms with Gasteiger partial charge in [-0.15, -0.1) is 0 Å². The SMILES string of the molecule is COc1cc([N+](=O)[O-])ccc1NC(=O)c1cc2ccccc2cc1O. The molecule has 0 heterocycles. The number of hydrogen-bond acceptors (Lipinski definition) is 5. The monoisotopic (exact) mass is 338 g/mol. The number of amides is 1. The van der Waals surface area contributed by atoms with Crippen LogP contribution in [-0.4, -0.2) is 23.0 Å². The zero-order chi connectivity index (χ0) is 18.0. The van der Waals surface area contributed by atoms with Crippen LogP contribution in [0.15, 0.2) is 54.6 Å². The average Bonchev–Trinajstić information content (AvgIpc) is 2.61. The lowest BCUT2D eigenvalue weighted by atomic mass is 10.1. The quantitative estimate of drug-likeness (QED) is 0.558. The maximum atomic E-state index is 12.5. The summed E-state index contributed by atoms with van der Waals surface area (Å²) >= 11 is 0. The van der Waals surface area contributed by atoms with E-state index in [1.807, 2.05) is 24.3 Å². The third-order valence-electron chi connectivity index (χ3n) is 3.75. The molecule has 126 valence electrons. The Morgan fingerprint density at radius 3 is 2.44 bits per heavy atom. The van der Waals surface area contributed by atoms with Crippen molar-refractivity contribution in [1.29, 1.82) is 0 Å². The van der Waals surface area contributed by atoms with Crippen LogP contribution < -0.4 is 10.1 Å². The number of benzene rings is 3. The minimum atomic E-state index is -0.552. The molecule has 3 aromatic carbocycles. The van der Waals surface area contributed by atoms with E-state index in [2.05, 4.69) is 5.32 Å². The number of rotatable bonds is 4. The molecule has 3 aromatic rings. The van der Waals surface area contributed by atoms with Crippen molar-refractivity contribution < 1.29 is 19.6 Å². The zero-order valence-corrected chi connectivity index (χ0v) is 13.2. The molecule has 0 saturated heterocycles. The number of aromatic hydroxyl groups is 1. The van der Waals surface area contributed by atoms with Crippen molar-refractivity contribution in [2.24, 2.45) is 0 Å². The van der Waals surface area contributed by atoms with Gasteiger partial charge in [0.15, 0.2) is 0 Å². The molecule has 0 aliphatic rings. The Balaban J connectivity index is 1.95. The molecule has 25 heavy (non-hydrogen) atoms.